The molecule has 0 bridgehead atoms. The van der Waals surface area contributed by atoms with Crippen LogP contribution in [0.1, 0.15) is 52.2 Å². The predicted octanol–water partition coefficient (Wildman–Crippen LogP) is 4.32. The monoisotopic (exact) mass is 440 g/mol. The fourth-order valence-corrected chi connectivity index (χ4v) is 3.38. The van der Waals surface area contributed by atoms with E-state index in [0.717, 1.165) is 17.5 Å². The van der Waals surface area contributed by atoms with E-state index >= 15 is 0 Å². The average Bonchev–Trinajstić information content (AvgIpc) is 2.78. The van der Waals surface area contributed by atoms with Gasteiger partial charge in [-0.25, -0.2) is 0 Å². The van der Waals surface area contributed by atoms with Gasteiger partial charge < -0.3 is 19.7 Å². The van der Waals surface area contributed by atoms with E-state index in [4.69, 9.17) is 9.47 Å². The van der Waals surface area contributed by atoms with Crippen molar-refractivity contribution in [2.45, 2.75) is 59.0 Å². The molecular weight excluding hydrogens is 404 g/mol. The lowest BCUT2D eigenvalue weighted by Crippen LogP contribution is -2.49. The fourth-order valence-electron chi connectivity index (χ4n) is 3.38. The molecular formula is C26H36N2O4. The molecule has 1 N–H and O–H groups in total. The van der Waals surface area contributed by atoms with Gasteiger partial charge in [0.05, 0.1) is 7.11 Å². The maximum Gasteiger partial charge on any atom is 0.261 e. The van der Waals surface area contributed by atoms with Crippen LogP contribution in [0.25, 0.3) is 0 Å². The van der Waals surface area contributed by atoms with Crippen LogP contribution in [0, 0.1) is 0 Å². The second kappa shape index (κ2) is 11.6. The summed E-state index contributed by atoms with van der Waals surface area (Å²) in [5, 5.41) is 2.88. The predicted molar refractivity (Wildman–Crippen MR) is 127 cm³/mol. The van der Waals surface area contributed by atoms with Gasteiger partial charge in [-0.05, 0) is 48.1 Å². The van der Waals surface area contributed by atoms with Crippen LogP contribution in [0.5, 0.6) is 11.5 Å². The summed E-state index contributed by atoms with van der Waals surface area (Å²) in [6, 6.07) is 14.6. The third-order valence-corrected chi connectivity index (χ3v) is 5.25. The molecule has 0 saturated heterocycles. The molecule has 0 aliphatic rings. The Hall–Kier alpha value is -3.02. The molecule has 2 amide bonds. The Morgan fingerprint density at radius 3 is 2.47 bits per heavy atom. The van der Waals surface area contributed by atoms with E-state index in [2.05, 4.69) is 26.1 Å². The summed E-state index contributed by atoms with van der Waals surface area (Å²) in [6.45, 7) is 10.7. The number of para-hydroxylation sites is 1. The van der Waals surface area contributed by atoms with Crippen LogP contribution < -0.4 is 14.8 Å². The summed E-state index contributed by atoms with van der Waals surface area (Å²) in [7, 11) is 1.60. The van der Waals surface area contributed by atoms with Crippen LogP contribution in [0.15, 0.2) is 48.5 Å². The van der Waals surface area contributed by atoms with Crippen LogP contribution in [-0.2, 0) is 21.5 Å². The van der Waals surface area contributed by atoms with E-state index in [0.29, 0.717) is 18.0 Å². The van der Waals surface area contributed by atoms with Crippen molar-refractivity contribution in [3.8, 4) is 11.5 Å². The number of benzene rings is 2. The molecule has 0 unspecified atom stereocenters. The second-order valence-corrected chi connectivity index (χ2v) is 8.88. The van der Waals surface area contributed by atoms with Crippen molar-refractivity contribution in [3.63, 3.8) is 0 Å². The number of nitrogens with zero attached hydrogens (tertiary/aromatic N) is 1. The molecule has 2 rings (SSSR count). The molecule has 32 heavy (non-hydrogen) atoms. The van der Waals surface area contributed by atoms with Gasteiger partial charge in [-0.15, -0.1) is 0 Å². The van der Waals surface area contributed by atoms with Crippen molar-refractivity contribution in [1.29, 1.82) is 0 Å². The van der Waals surface area contributed by atoms with Gasteiger partial charge in [-0.1, -0.05) is 58.0 Å². The molecule has 6 heteroatoms. The van der Waals surface area contributed by atoms with E-state index in [1.807, 2.05) is 55.5 Å². The number of methoxy groups -OCH3 is 1. The summed E-state index contributed by atoms with van der Waals surface area (Å²) >= 11 is 0. The van der Waals surface area contributed by atoms with Gasteiger partial charge in [0.1, 0.15) is 17.5 Å². The minimum atomic E-state index is -0.637. The maximum absolute atomic E-state index is 13.2. The zero-order chi connectivity index (χ0) is 23.7. The molecule has 6 nitrogen and oxygen atoms in total. The Morgan fingerprint density at radius 1 is 1.09 bits per heavy atom. The highest BCUT2D eigenvalue weighted by Crippen LogP contribution is 2.31. The zero-order valence-electron chi connectivity index (χ0n) is 20.1. The lowest BCUT2D eigenvalue weighted by molar-refractivity contribution is -0.142. The Balaban J connectivity index is 2.22. The molecule has 2 aromatic carbocycles. The van der Waals surface area contributed by atoms with Gasteiger partial charge in [-0.2, -0.15) is 0 Å². The third-order valence-electron chi connectivity index (χ3n) is 5.25. The van der Waals surface area contributed by atoms with Crippen molar-refractivity contribution in [2.24, 2.45) is 0 Å². The Bertz CT molecular complexity index is 905. The molecule has 0 fully saturated rings. The van der Waals surface area contributed by atoms with Crippen LogP contribution >= 0.6 is 0 Å². The first kappa shape index (κ1) is 25.2. The van der Waals surface area contributed by atoms with Gasteiger partial charge in [0, 0.05) is 13.1 Å². The summed E-state index contributed by atoms with van der Waals surface area (Å²) < 4.78 is 11.3. The number of carbonyl (C=O) groups excluding carboxylic acids is 2. The minimum absolute atomic E-state index is 0.118. The molecule has 0 aliphatic heterocycles. The van der Waals surface area contributed by atoms with E-state index in [-0.39, 0.29) is 30.4 Å². The standard InChI is InChI=1S/C26H36N2O4/c1-7-15-27-25(30)19(2)28(17-20-11-10-12-21(16-20)31-6)24(29)18-32-23-14-9-8-13-22(23)26(3,4)5/h8-14,16,19H,7,15,17-18H2,1-6H3,(H,27,30)/t19-/m0/s1. The number of ether oxygens (including phenoxy) is 2. The Labute approximate surface area is 191 Å². The molecule has 174 valence electrons. The summed E-state index contributed by atoms with van der Waals surface area (Å²) in [5.41, 5.74) is 1.79. The molecule has 0 aromatic heterocycles. The van der Waals surface area contributed by atoms with Gasteiger partial charge in [0.25, 0.3) is 5.91 Å². The van der Waals surface area contributed by atoms with Gasteiger partial charge >= 0.3 is 0 Å². The maximum atomic E-state index is 13.2. The molecule has 2 aromatic rings. The molecule has 0 radical (unpaired) electrons. The van der Waals surface area contributed by atoms with E-state index in [1.54, 1.807) is 18.9 Å². The van der Waals surface area contributed by atoms with Crippen LogP contribution in [0.4, 0.5) is 0 Å². The Kier molecular flexibility index (Phi) is 9.12. The molecule has 1 atom stereocenters. The normalized spacial score (nSPS) is 12.1. The molecule has 0 aliphatic carbocycles. The highest BCUT2D eigenvalue weighted by Gasteiger charge is 2.27. The number of hydrogen-bond donors (Lipinski definition) is 1. The largest absolute Gasteiger partial charge is 0.497 e. The first-order valence-corrected chi connectivity index (χ1v) is 11.1. The molecule has 0 heterocycles. The van der Waals surface area contributed by atoms with Gasteiger partial charge in [0.15, 0.2) is 6.61 Å². The lowest BCUT2D eigenvalue weighted by atomic mass is 9.86. The van der Waals surface area contributed by atoms with Crippen molar-refractivity contribution < 1.29 is 19.1 Å². The first-order valence-electron chi connectivity index (χ1n) is 11.1. The number of nitrogens with one attached hydrogen (secondary N) is 1. The second-order valence-electron chi connectivity index (χ2n) is 8.88. The lowest BCUT2D eigenvalue weighted by Gasteiger charge is -2.29. The van der Waals surface area contributed by atoms with E-state index < -0.39 is 6.04 Å². The van der Waals surface area contributed by atoms with E-state index in [1.165, 1.54) is 0 Å². The number of carbonyl (C=O) groups is 2. The summed E-state index contributed by atoms with van der Waals surface area (Å²) in [5.74, 6) is 0.944. The third kappa shape index (κ3) is 7.01. The number of rotatable bonds is 10. The van der Waals surface area contributed by atoms with Crippen molar-refractivity contribution in [2.75, 3.05) is 20.3 Å². The van der Waals surface area contributed by atoms with Gasteiger partial charge in [0.2, 0.25) is 5.91 Å². The molecule has 0 saturated carbocycles. The first-order chi connectivity index (χ1) is 15.2. The SMILES string of the molecule is CCCNC(=O)[C@H](C)N(Cc1cccc(OC)c1)C(=O)COc1ccccc1C(C)(C)C. The summed E-state index contributed by atoms with van der Waals surface area (Å²) in [6.07, 6.45) is 0.828. The number of amides is 2. The quantitative estimate of drug-likeness (QED) is 0.598. The smallest absolute Gasteiger partial charge is 0.261 e. The van der Waals surface area contributed by atoms with Crippen LogP contribution in [0.2, 0.25) is 0 Å². The highest BCUT2D eigenvalue weighted by atomic mass is 16.5. The fraction of sp³-hybridized carbons (Fsp3) is 0.462. The highest BCUT2D eigenvalue weighted by molar-refractivity contribution is 5.88. The van der Waals surface area contributed by atoms with Crippen molar-refractivity contribution in [3.05, 3.63) is 59.7 Å². The zero-order valence-corrected chi connectivity index (χ0v) is 20.1. The summed E-state index contributed by atoms with van der Waals surface area (Å²) in [4.78, 5) is 27.5. The van der Waals surface area contributed by atoms with Crippen molar-refractivity contribution >= 4 is 11.8 Å². The Morgan fingerprint density at radius 2 is 1.81 bits per heavy atom. The van der Waals surface area contributed by atoms with Gasteiger partial charge in [-0.3, -0.25) is 9.59 Å². The van der Waals surface area contributed by atoms with Crippen LogP contribution in [0.3, 0.4) is 0 Å². The van der Waals surface area contributed by atoms with Crippen molar-refractivity contribution in [1.82, 2.24) is 10.2 Å². The molecule has 0 spiro atoms. The van der Waals surface area contributed by atoms with Crippen LogP contribution in [-0.4, -0.2) is 43.0 Å². The number of hydrogen-bond acceptors (Lipinski definition) is 4. The minimum Gasteiger partial charge on any atom is -0.497 e. The van der Waals surface area contributed by atoms with E-state index in [9.17, 15) is 9.59 Å². The average molecular weight is 441 g/mol. The topological polar surface area (TPSA) is 67.9 Å².